The topological polar surface area (TPSA) is 20.3 Å². The highest BCUT2D eigenvalue weighted by Crippen LogP contribution is 2.09. The monoisotopic (exact) mass is 221 g/mol. The number of carbonyl (C=O) groups excluding carboxylic acids is 1. The summed E-state index contributed by atoms with van der Waals surface area (Å²) in [5.74, 6) is 0.220. The van der Waals surface area contributed by atoms with Gasteiger partial charge in [0, 0.05) is 19.2 Å². The molecule has 0 spiro atoms. The highest BCUT2D eigenvalue weighted by atomic mass is 32.1. The molecule has 0 bridgehead atoms. The smallest absolute Gasteiger partial charge is 0.226 e. The molecule has 0 unspecified atom stereocenters. The predicted molar refractivity (Wildman–Crippen MR) is 64.6 cm³/mol. The Balaban J connectivity index is 0.000000187. The van der Waals surface area contributed by atoms with Crippen LogP contribution in [0.15, 0.2) is 47.8 Å². The van der Waals surface area contributed by atoms with Crippen LogP contribution in [0.3, 0.4) is 0 Å². The van der Waals surface area contributed by atoms with Crippen LogP contribution in [0.5, 0.6) is 0 Å². The quantitative estimate of drug-likeness (QED) is 0.703. The van der Waals surface area contributed by atoms with Gasteiger partial charge < -0.3 is 4.90 Å². The molecule has 15 heavy (non-hydrogen) atoms. The summed E-state index contributed by atoms with van der Waals surface area (Å²) >= 11 is 1.71. The molecule has 1 fully saturated rings. The van der Waals surface area contributed by atoms with Crippen molar-refractivity contribution in [1.29, 1.82) is 0 Å². The third-order valence-electron chi connectivity index (χ3n) is 1.94. The molecule has 2 nitrogen and oxygen atoms in total. The number of nitrogens with zero attached hydrogens (tertiary/aromatic N) is 1. The number of rotatable bonds is 2. The first kappa shape index (κ1) is 11.7. The normalized spacial score (nSPS) is 15.2. The fourth-order valence-corrected chi connectivity index (χ4v) is 1.67. The highest BCUT2D eigenvalue weighted by molar-refractivity contribution is 7.07. The molecule has 3 heteroatoms. The molecule has 0 aromatic carbocycles. The van der Waals surface area contributed by atoms with Gasteiger partial charge in [-0.25, -0.2) is 0 Å². The molecule has 0 saturated carbocycles. The van der Waals surface area contributed by atoms with Crippen LogP contribution in [-0.2, 0) is 4.79 Å². The Labute approximate surface area is 94.5 Å². The predicted octanol–water partition coefficient (Wildman–Crippen LogP) is 3.06. The van der Waals surface area contributed by atoms with Gasteiger partial charge in [-0.05, 0) is 23.3 Å². The summed E-state index contributed by atoms with van der Waals surface area (Å²) in [4.78, 5) is 12.6. The van der Waals surface area contributed by atoms with Crippen molar-refractivity contribution in [2.45, 2.75) is 12.8 Å². The molecular formula is C12H15NOS. The first-order valence-corrected chi connectivity index (χ1v) is 5.84. The lowest BCUT2D eigenvalue weighted by Crippen LogP contribution is -2.16. The molecular weight excluding hydrogens is 206 g/mol. The molecule has 1 aliphatic rings. The molecule has 2 heterocycles. The van der Waals surface area contributed by atoms with E-state index in [2.05, 4.69) is 6.58 Å². The van der Waals surface area contributed by atoms with E-state index in [0.29, 0.717) is 6.42 Å². The number of amides is 1. The lowest BCUT2D eigenvalue weighted by atomic mass is 10.4. The van der Waals surface area contributed by atoms with Crippen LogP contribution in [-0.4, -0.2) is 17.4 Å². The van der Waals surface area contributed by atoms with Gasteiger partial charge in [-0.2, -0.15) is 11.3 Å². The van der Waals surface area contributed by atoms with E-state index < -0.39 is 0 Å². The second kappa shape index (κ2) is 7.01. The number of carbonyl (C=O) groups is 1. The Hall–Kier alpha value is -1.35. The van der Waals surface area contributed by atoms with E-state index in [4.69, 9.17) is 0 Å². The average Bonchev–Trinajstić information content (AvgIpc) is 2.89. The van der Waals surface area contributed by atoms with Crippen LogP contribution in [0, 0.1) is 0 Å². The molecule has 1 saturated heterocycles. The van der Waals surface area contributed by atoms with E-state index in [1.807, 2.05) is 22.9 Å². The van der Waals surface area contributed by atoms with E-state index >= 15 is 0 Å². The molecule has 1 aromatic rings. The fraction of sp³-hybridized carbons (Fsp3) is 0.250. The maximum absolute atomic E-state index is 10.9. The summed E-state index contributed by atoms with van der Waals surface area (Å²) < 4.78 is 0. The number of likely N-dealkylation sites (tertiary alicyclic amines) is 1. The van der Waals surface area contributed by atoms with Crippen molar-refractivity contribution < 1.29 is 4.79 Å². The van der Waals surface area contributed by atoms with Crippen LogP contribution >= 0.6 is 11.3 Å². The number of thiophene rings is 1. The zero-order chi connectivity index (χ0) is 10.9. The minimum atomic E-state index is 0.220. The molecule has 1 aliphatic heterocycles. The van der Waals surface area contributed by atoms with E-state index in [0.717, 1.165) is 13.0 Å². The number of hydrogen-bond donors (Lipinski definition) is 0. The van der Waals surface area contributed by atoms with Gasteiger partial charge in [0.25, 0.3) is 0 Å². The van der Waals surface area contributed by atoms with Crippen molar-refractivity contribution in [3.8, 4) is 0 Å². The van der Waals surface area contributed by atoms with E-state index in [9.17, 15) is 4.79 Å². The molecule has 0 radical (unpaired) electrons. The van der Waals surface area contributed by atoms with Crippen LogP contribution in [0.4, 0.5) is 0 Å². The van der Waals surface area contributed by atoms with Crippen LogP contribution < -0.4 is 0 Å². The van der Waals surface area contributed by atoms with Crippen molar-refractivity contribution in [2.24, 2.45) is 0 Å². The third kappa shape index (κ3) is 4.61. The number of hydrogen-bond acceptors (Lipinski definition) is 2. The minimum absolute atomic E-state index is 0.220. The first-order chi connectivity index (χ1) is 7.34. The maximum atomic E-state index is 10.9. The van der Waals surface area contributed by atoms with E-state index in [-0.39, 0.29) is 5.91 Å². The average molecular weight is 221 g/mol. The Bertz CT molecular complexity index is 299. The van der Waals surface area contributed by atoms with Gasteiger partial charge in [0.2, 0.25) is 5.91 Å². The second-order valence-corrected chi connectivity index (χ2v) is 3.88. The highest BCUT2D eigenvalue weighted by Gasteiger charge is 2.16. The fourth-order valence-electron chi connectivity index (χ4n) is 1.22. The lowest BCUT2D eigenvalue weighted by molar-refractivity contribution is -0.125. The third-order valence-corrected chi connectivity index (χ3v) is 2.57. The van der Waals surface area contributed by atoms with Crippen molar-refractivity contribution in [1.82, 2.24) is 4.90 Å². The number of allylic oxidation sites excluding steroid dienone is 2. The van der Waals surface area contributed by atoms with Gasteiger partial charge in [-0.3, -0.25) is 4.79 Å². The largest absolute Gasteiger partial charge is 0.319 e. The Morgan fingerprint density at radius 3 is 2.53 bits per heavy atom. The molecule has 0 N–H and O–H groups in total. The van der Waals surface area contributed by atoms with Gasteiger partial charge in [0.05, 0.1) is 0 Å². The summed E-state index contributed by atoms with van der Waals surface area (Å²) in [5.41, 5.74) is 0. The summed E-state index contributed by atoms with van der Waals surface area (Å²) in [6, 6.07) is 4.04. The summed E-state index contributed by atoms with van der Waals surface area (Å²) in [5, 5.41) is 4.08. The summed E-state index contributed by atoms with van der Waals surface area (Å²) in [6.45, 7) is 4.39. The maximum Gasteiger partial charge on any atom is 0.226 e. The van der Waals surface area contributed by atoms with Crippen molar-refractivity contribution in [3.05, 3.63) is 47.8 Å². The summed E-state index contributed by atoms with van der Waals surface area (Å²) in [6.07, 6.45) is 6.92. The van der Waals surface area contributed by atoms with Crippen LogP contribution in [0.2, 0.25) is 0 Å². The van der Waals surface area contributed by atoms with Crippen molar-refractivity contribution in [2.75, 3.05) is 6.54 Å². The van der Waals surface area contributed by atoms with E-state index in [1.165, 1.54) is 0 Å². The van der Waals surface area contributed by atoms with Gasteiger partial charge in [0.1, 0.15) is 0 Å². The van der Waals surface area contributed by atoms with Crippen molar-refractivity contribution in [3.63, 3.8) is 0 Å². The first-order valence-electron chi connectivity index (χ1n) is 4.90. The standard InChI is InChI=1S/C8H11NO.C4H4S/c1-2-3-6-9-7-4-5-8(9)10;1-2-4-5-3-1/h2-3,6H,1,4-5,7H2;1-4H. The molecule has 1 aromatic heterocycles. The summed E-state index contributed by atoms with van der Waals surface area (Å²) in [7, 11) is 0. The zero-order valence-electron chi connectivity index (χ0n) is 8.63. The minimum Gasteiger partial charge on any atom is -0.319 e. The Kier molecular flexibility index (Phi) is 5.48. The molecule has 0 atom stereocenters. The lowest BCUT2D eigenvalue weighted by Gasteiger charge is -2.06. The SMILES string of the molecule is C=CC=CN1CCCC1=O.c1ccsc1. The van der Waals surface area contributed by atoms with Gasteiger partial charge in [0.15, 0.2) is 0 Å². The Morgan fingerprint density at radius 1 is 1.40 bits per heavy atom. The second-order valence-electron chi connectivity index (χ2n) is 3.06. The van der Waals surface area contributed by atoms with E-state index in [1.54, 1.807) is 34.6 Å². The molecule has 2 rings (SSSR count). The van der Waals surface area contributed by atoms with Gasteiger partial charge in [-0.15, -0.1) is 0 Å². The van der Waals surface area contributed by atoms with Gasteiger partial charge in [-0.1, -0.05) is 24.8 Å². The van der Waals surface area contributed by atoms with Crippen LogP contribution in [0.25, 0.3) is 0 Å². The molecule has 0 aliphatic carbocycles. The molecule has 1 amide bonds. The van der Waals surface area contributed by atoms with Gasteiger partial charge >= 0.3 is 0 Å². The zero-order valence-corrected chi connectivity index (χ0v) is 9.45. The Morgan fingerprint density at radius 2 is 2.13 bits per heavy atom. The molecule has 80 valence electrons. The van der Waals surface area contributed by atoms with Crippen LogP contribution in [0.1, 0.15) is 12.8 Å². The van der Waals surface area contributed by atoms with Crippen molar-refractivity contribution >= 4 is 17.2 Å².